The van der Waals surface area contributed by atoms with Crippen molar-refractivity contribution in [1.82, 2.24) is 0 Å². The van der Waals surface area contributed by atoms with Gasteiger partial charge in [0.2, 0.25) is 11.8 Å². The molecule has 2 aliphatic rings. The van der Waals surface area contributed by atoms with Gasteiger partial charge in [0.15, 0.2) is 0 Å². The first-order valence-electron chi connectivity index (χ1n) is 7.73. The van der Waals surface area contributed by atoms with Gasteiger partial charge in [0.1, 0.15) is 6.61 Å². The summed E-state index contributed by atoms with van der Waals surface area (Å²) in [5.41, 5.74) is 2.64. The zero-order valence-electron chi connectivity index (χ0n) is 12.9. The number of hydrogen-bond donors (Lipinski definition) is 1. The van der Waals surface area contributed by atoms with Gasteiger partial charge in [0, 0.05) is 24.5 Å². The van der Waals surface area contributed by atoms with Crippen LogP contribution < -0.4 is 10.2 Å². The molecule has 23 heavy (non-hydrogen) atoms. The van der Waals surface area contributed by atoms with Crippen LogP contribution >= 0.6 is 0 Å². The van der Waals surface area contributed by atoms with Gasteiger partial charge in [-0.3, -0.25) is 9.59 Å². The number of carbonyl (C=O) groups excluding carboxylic acids is 2. The average Bonchev–Trinajstić information content (AvgIpc) is 3.21. The molecular formula is C17H20N2O4. The molecule has 1 atom stereocenters. The molecule has 122 valence electrons. The third-order valence-electron chi connectivity index (χ3n) is 4.04. The third kappa shape index (κ3) is 3.60. The molecule has 2 heterocycles. The lowest BCUT2D eigenvalue weighted by molar-refractivity contribution is -0.122. The molecule has 0 unspecified atom stereocenters. The molecule has 2 amide bonds. The van der Waals surface area contributed by atoms with Crippen LogP contribution in [0.3, 0.4) is 0 Å². The molecule has 0 spiro atoms. The normalized spacial score (nSPS) is 19.5. The van der Waals surface area contributed by atoms with Gasteiger partial charge in [-0.25, -0.2) is 0 Å². The van der Waals surface area contributed by atoms with Crippen LogP contribution in [0.25, 0.3) is 0 Å². The summed E-state index contributed by atoms with van der Waals surface area (Å²) in [7, 11) is 0. The molecule has 2 aliphatic heterocycles. The fraction of sp³-hybridized carbons (Fsp3) is 0.412. The molecule has 6 nitrogen and oxygen atoms in total. The van der Waals surface area contributed by atoms with E-state index in [0.717, 1.165) is 24.1 Å². The molecule has 0 radical (unpaired) electrons. The van der Waals surface area contributed by atoms with Gasteiger partial charge >= 0.3 is 0 Å². The highest BCUT2D eigenvalue weighted by molar-refractivity contribution is 6.03. The summed E-state index contributed by atoms with van der Waals surface area (Å²) in [5, 5.41) is 2.83. The number of anilines is 2. The summed E-state index contributed by atoms with van der Waals surface area (Å²) in [5.74, 6) is -0.290. The van der Waals surface area contributed by atoms with Crippen LogP contribution in [-0.2, 0) is 25.5 Å². The second-order valence-corrected chi connectivity index (χ2v) is 5.63. The first-order chi connectivity index (χ1) is 11.2. The summed E-state index contributed by atoms with van der Waals surface area (Å²) >= 11 is 0. The van der Waals surface area contributed by atoms with Gasteiger partial charge in [-0.15, -0.1) is 0 Å². The lowest BCUT2D eigenvalue weighted by atomic mass is 10.1. The predicted octanol–water partition coefficient (Wildman–Crippen LogP) is 1.51. The van der Waals surface area contributed by atoms with Gasteiger partial charge in [0.25, 0.3) is 0 Å². The van der Waals surface area contributed by atoms with Crippen LogP contribution in [0.5, 0.6) is 0 Å². The van der Waals surface area contributed by atoms with Crippen molar-refractivity contribution in [3.05, 3.63) is 36.4 Å². The Morgan fingerprint density at radius 3 is 3.09 bits per heavy atom. The highest BCUT2D eigenvalue weighted by Gasteiger charge is 2.23. The summed E-state index contributed by atoms with van der Waals surface area (Å²) in [4.78, 5) is 25.4. The van der Waals surface area contributed by atoms with Crippen LogP contribution in [0.15, 0.2) is 30.9 Å². The fourth-order valence-corrected chi connectivity index (χ4v) is 2.85. The molecule has 0 saturated carbocycles. The van der Waals surface area contributed by atoms with Crippen LogP contribution in [0.1, 0.15) is 12.0 Å². The zero-order valence-corrected chi connectivity index (χ0v) is 12.9. The van der Waals surface area contributed by atoms with Crippen LogP contribution in [0.4, 0.5) is 11.4 Å². The fourth-order valence-electron chi connectivity index (χ4n) is 2.85. The Morgan fingerprint density at radius 2 is 2.35 bits per heavy atom. The summed E-state index contributed by atoms with van der Waals surface area (Å²) in [6.45, 7) is 5.42. The second kappa shape index (κ2) is 6.93. The quantitative estimate of drug-likeness (QED) is 0.836. The minimum absolute atomic E-state index is 0.0132. The lowest BCUT2D eigenvalue weighted by Crippen LogP contribution is -2.26. The first kappa shape index (κ1) is 15.7. The molecule has 1 aromatic carbocycles. The smallest absolute Gasteiger partial charge is 0.250 e. The van der Waals surface area contributed by atoms with Crippen molar-refractivity contribution in [2.45, 2.75) is 18.9 Å². The minimum atomic E-state index is -0.186. The molecule has 1 saturated heterocycles. The topological polar surface area (TPSA) is 67.9 Å². The Balaban J connectivity index is 1.58. The number of benzene rings is 1. The number of rotatable bonds is 5. The zero-order chi connectivity index (χ0) is 16.2. The Hall–Kier alpha value is -2.18. The van der Waals surface area contributed by atoms with E-state index in [4.69, 9.17) is 9.47 Å². The molecule has 3 rings (SSSR count). The number of carbonyl (C=O) groups is 2. The van der Waals surface area contributed by atoms with Gasteiger partial charge in [-0.1, -0.05) is 6.58 Å². The lowest BCUT2D eigenvalue weighted by Gasteiger charge is -2.15. The van der Waals surface area contributed by atoms with Crippen molar-refractivity contribution in [3.8, 4) is 0 Å². The van der Waals surface area contributed by atoms with E-state index in [1.807, 2.05) is 12.1 Å². The molecule has 1 N–H and O–H groups in total. The van der Waals surface area contributed by atoms with E-state index >= 15 is 0 Å². The number of fused-ring (bicyclic) bond motifs is 1. The number of amides is 2. The van der Waals surface area contributed by atoms with E-state index in [1.165, 1.54) is 6.08 Å². The standard InChI is InChI=1S/C17H20N2O4/c1-2-17(21)19-7-5-12-9-13(3-4-15(12)19)18-16(20)11-23-14-6-8-22-10-14/h2-4,9,14H,1,5-8,10-11H2,(H,18,20)/t14-/m0/s1. The molecule has 0 aromatic heterocycles. The summed E-state index contributed by atoms with van der Waals surface area (Å²) < 4.78 is 10.7. The van der Waals surface area contributed by atoms with Crippen molar-refractivity contribution < 1.29 is 19.1 Å². The first-order valence-corrected chi connectivity index (χ1v) is 7.73. The molecular weight excluding hydrogens is 296 g/mol. The molecule has 0 aliphatic carbocycles. The number of nitrogens with zero attached hydrogens (tertiary/aromatic N) is 1. The van der Waals surface area contributed by atoms with Crippen molar-refractivity contribution in [2.24, 2.45) is 0 Å². The van der Waals surface area contributed by atoms with E-state index in [9.17, 15) is 9.59 Å². The third-order valence-corrected chi connectivity index (χ3v) is 4.04. The van der Waals surface area contributed by atoms with E-state index in [-0.39, 0.29) is 24.5 Å². The SMILES string of the molecule is C=CC(=O)N1CCc2cc(NC(=O)CO[C@H]3CCOC3)ccc21. The van der Waals surface area contributed by atoms with E-state index in [0.29, 0.717) is 25.4 Å². The number of nitrogens with one attached hydrogen (secondary N) is 1. The predicted molar refractivity (Wildman–Crippen MR) is 86.5 cm³/mol. The van der Waals surface area contributed by atoms with E-state index in [2.05, 4.69) is 11.9 Å². The summed E-state index contributed by atoms with van der Waals surface area (Å²) in [6.07, 6.45) is 2.93. The van der Waals surface area contributed by atoms with E-state index < -0.39 is 0 Å². The molecule has 1 aromatic rings. The average molecular weight is 316 g/mol. The molecule has 1 fully saturated rings. The Morgan fingerprint density at radius 1 is 1.48 bits per heavy atom. The molecule has 0 bridgehead atoms. The van der Waals surface area contributed by atoms with Crippen LogP contribution in [-0.4, -0.2) is 44.3 Å². The Labute approximate surface area is 135 Å². The van der Waals surface area contributed by atoms with Crippen molar-refractivity contribution in [3.63, 3.8) is 0 Å². The molecule has 6 heteroatoms. The number of hydrogen-bond acceptors (Lipinski definition) is 4. The van der Waals surface area contributed by atoms with E-state index in [1.54, 1.807) is 11.0 Å². The van der Waals surface area contributed by atoms with Gasteiger partial charge in [-0.2, -0.15) is 0 Å². The highest BCUT2D eigenvalue weighted by Crippen LogP contribution is 2.30. The number of ether oxygens (including phenoxy) is 2. The maximum Gasteiger partial charge on any atom is 0.250 e. The minimum Gasteiger partial charge on any atom is -0.379 e. The monoisotopic (exact) mass is 316 g/mol. The van der Waals surface area contributed by atoms with Crippen LogP contribution in [0, 0.1) is 0 Å². The largest absolute Gasteiger partial charge is 0.379 e. The summed E-state index contributed by atoms with van der Waals surface area (Å²) in [6, 6.07) is 5.55. The van der Waals surface area contributed by atoms with Crippen molar-refractivity contribution in [1.29, 1.82) is 0 Å². The van der Waals surface area contributed by atoms with Gasteiger partial charge < -0.3 is 19.7 Å². The Bertz CT molecular complexity index is 623. The second-order valence-electron chi connectivity index (χ2n) is 5.63. The van der Waals surface area contributed by atoms with Crippen molar-refractivity contribution in [2.75, 3.05) is 36.6 Å². The maximum atomic E-state index is 11.9. The van der Waals surface area contributed by atoms with Crippen LogP contribution in [0.2, 0.25) is 0 Å². The maximum absolute atomic E-state index is 11.9. The van der Waals surface area contributed by atoms with Gasteiger partial charge in [-0.05, 0) is 42.7 Å². The Kier molecular flexibility index (Phi) is 4.73. The van der Waals surface area contributed by atoms with Gasteiger partial charge in [0.05, 0.1) is 12.7 Å². The highest BCUT2D eigenvalue weighted by atomic mass is 16.5. The van der Waals surface area contributed by atoms with Crippen molar-refractivity contribution >= 4 is 23.2 Å².